The Kier molecular flexibility index (Phi) is 3.93. The van der Waals surface area contributed by atoms with Crippen LogP contribution in [0, 0.1) is 0 Å². The molecular weight excluding hydrogens is 380 g/mol. The van der Waals surface area contributed by atoms with E-state index in [0.717, 1.165) is 33.2 Å². The fourth-order valence-electron chi connectivity index (χ4n) is 4.29. The molecule has 0 unspecified atom stereocenters. The number of rotatable bonds is 3. The topological polar surface area (TPSA) is 45.8 Å². The second-order valence-electron chi connectivity index (χ2n) is 7.71. The summed E-state index contributed by atoms with van der Waals surface area (Å²) < 4.78 is 0. The van der Waals surface area contributed by atoms with Crippen LogP contribution < -0.4 is 0 Å². The summed E-state index contributed by atoms with van der Waals surface area (Å²) in [5.74, 6) is 0.821. The molecule has 6 aromatic rings. The van der Waals surface area contributed by atoms with Crippen molar-refractivity contribution in [1.82, 2.24) is 9.97 Å². The van der Waals surface area contributed by atoms with Gasteiger partial charge in [0.25, 0.3) is 0 Å². The van der Waals surface area contributed by atoms with Gasteiger partial charge in [0.15, 0.2) is 5.78 Å². The number of carbonyl (C=O) groups is 1. The fourth-order valence-corrected chi connectivity index (χ4v) is 4.29. The Labute approximate surface area is 179 Å². The second kappa shape index (κ2) is 6.92. The molecule has 5 aromatic carbocycles. The summed E-state index contributed by atoms with van der Waals surface area (Å²) in [6.45, 7) is 0. The zero-order valence-corrected chi connectivity index (χ0v) is 16.7. The largest absolute Gasteiger partial charge is 0.338 e. The van der Waals surface area contributed by atoms with Gasteiger partial charge < -0.3 is 4.98 Å². The third-order valence-corrected chi connectivity index (χ3v) is 5.79. The molecule has 0 saturated carbocycles. The maximum Gasteiger partial charge on any atom is 0.193 e. The van der Waals surface area contributed by atoms with Crippen LogP contribution in [0.15, 0.2) is 103 Å². The van der Waals surface area contributed by atoms with E-state index in [1.165, 1.54) is 10.8 Å². The number of carbonyl (C=O) groups excluding carboxylic acids is 1. The van der Waals surface area contributed by atoms with Gasteiger partial charge in [-0.2, -0.15) is 0 Å². The number of nitrogens with zero attached hydrogens (tertiary/aromatic N) is 1. The first-order valence-electron chi connectivity index (χ1n) is 10.3. The molecule has 0 amide bonds. The van der Waals surface area contributed by atoms with Gasteiger partial charge in [-0.1, -0.05) is 78.9 Å². The lowest BCUT2D eigenvalue weighted by Crippen LogP contribution is -2.00. The first-order valence-corrected chi connectivity index (χ1v) is 10.3. The van der Waals surface area contributed by atoms with Gasteiger partial charge >= 0.3 is 0 Å². The van der Waals surface area contributed by atoms with E-state index in [4.69, 9.17) is 4.98 Å². The Morgan fingerprint density at radius 2 is 1.29 bits per heavy atom. The van der Waals surface area contributed by atoms with Crippen molar-refractivity contribution in [3.63, 3.8) is 0 Å². The average molecular weight is 398 g/mol. The Balaban J connectivity index is 1.56. The molecule has 0 aliphatic carbocycles. The molecule has 3 heteroatoms. The summed E-state index contributed by atoms with van der Waals surface area (Å²) in [6.07, 6.45) is 0. The van der Waals surface area contributed by atoms with E-state index in [1.54, 1.807) is 0 Å². The molecule has 31 heavy (non-hydrogen) atoms. The van der Waals surface area contributed by atoms with Crippen molar-refractivity contribution in [2.75, 3.05) is 0 Å². The molecule has 0 aliphatic rings. The predicted octanol–water partition coefficient (Wildman–Crippen LogP) is 6.77. The number of hydrogen-bond donors (Lipinski definition) is 1. The number of aromatic nitrogens is 2. The van der Waals surface area contributed by atoms with Crippen LogP contribution in [-0.2, 0) is 0 Å². The van der Waals surface area contributed by atoms with E-state index in [1.807, 2.05) is 48.5 Å². The molecule has 0 aliphatic heterocycles. The molecule has 0 saturated heterocycles. The van der Waals surface area contributed by atoms with Gasteiger partial charge in [0.2, 0.25) is 0 Å². The maximum absolute atomic E-state index is 12.9. The molecule has 1 N–H and O–H groups in total. The van der Waals surface area contributed by atoms with Gasteiger partial charge in [-0.05, 0) is 45.8 Å². The average Bonchev–Trinajstić information content (AvgIpc) is 3.25. The smallest absolute Gasteiger partial charge is 0.193 e. The molecule has 0 radical (unpaired) electrons. The standard InChI is InChI=1S/C28H18N2O/c31-27(18-8-2-1-3-9-18)21-14-15-24-25(17-21)30-28(29-24)26-22-12-6-4-10-19(22)16-20-11-5-7-13-23(20)26/h1-17H,(H,29,30). The monoisotopic (exact) mass is 398 g/mol. The molecule has 3 nitrogen and oxygen atoms in total. The minimum atomic E-state index is 0.00857. The number of ketones is 1. The minimum absolute atomic E-state index is 0.00857. The molecule has 0 spiro atoms. The van der Waals surface area contributed by atoms with Crippen molar-refractivity contribution in [2.45, 2.75) is 0 Å². The summed E-state index contributed by atoms with van der Waals surface area (Å²) in [5.41, 5.74) is 4.12. The van der Waals surface area contributed by atoms with E-state index >= 15 is 0 Å². The minimum Gasteiger partial charge on any atom is -0.338 e. The fraction of sp³-hybridized carbons (Fsp3) is 0. The summed E-state index contributed by atoms with van der Waals surface area (Å²) in [4.78, 5) is 21.3. The first kappa shape index (κ1) is 17.6. The lowest BCUT2D eigenvalue weighted by atomic mass is 9.96. The van der Waals surface area contributed by atoms with Crippen LogP contribution in [0.1, 0.15) is 15.9 Å². The van der Waals surface area contributed by atoms with Crippen molar-refractivity contribution in [2.24, 2.45) is 0 Å². The third kappa shape index (κ3) is 2.90. The number of imidazole rings is 1. The third-order valence-electron chi connectivity index (χ3n) is 5.79. The van der Waals surface area contributed by atoms with Crippen molar-refractivity contribution in [1.29, 1.82) is 0 Å². The van der Waals surface area contributed by atoms with Gasteiger partial charge in [-0.15, -0.1) is 0 Å². The highest BCUT2D eigenvalue weighted by Gasteiger charge is 2.15. The molecule has 6 rings (SSSR count). The van der Waals surface area contributed by atoms with Crippen molar-refractivity contribution in [3.05, 3.63) is 114 Å². The van der Waals surface area contributed by atoms with Gasteiger partial charge in [0.1, 0.15) is 5.82 Å². The molecule has 0 bridgehead atoms. The van der Waals surface area contributed by atoms with Crippen LogP contribution in [0.5, 0.6) is 0 Å². The number of fused-ring (bicyclic) bond motifs is 3. The van der Waals surface area contributed by atoms with Crippen molar-refractivity contribution >= 4 is 38.4 Å². The van der Waals surface area contributed by atoms with Crippen LogP contribution in [0.4, 0.5) is 0 Å². The number of hydrogen-bond acceptors (Lipinski definition) is 2. The Morgan fingerprint density at radius 1 is 0.645 bits per heavy atom. The second-order valence-corrected chi connectivity index (χ2v) is 7.71. The lowest BCUT2D eigenvalue weighted by Gasteiger charge is -2.09. The molecular formula is C28H18N2O. The SMILES string of the molecule is O=C(c1ccccc1)c1ccc2nc(-c3c4ccccc4cc4ccccc34)[nH]c2c1. The van der Waals surface area contributed by atoms with Gasteiger partial charge in [0, 0.05) is 16.7 Å². The van der Waals surface area contributed by atoms with Crippen LogP contribution in [0.3, 0.4) is 0 Å². The summed E-state index contributed by atoms with van der Waals surface area (Å²) >= 11 is 0. The summed E-state index contributed by atoms with van der Waals surface area (Å²) in [6, 6.07) is 34.0. The van der Waals surface area contributed by atoms with Crippen LogP contribution in [0.25, 0.3) is 44.0 Å². The Bertz CT molecular complexity index is 1540. The highest BCUT2D eigenvalue weighted by atomic mass is 16.1. The van der Waals surface area contributed by atoms with Gasteiger partial charge in [-0.25, -0.2) is 4.98 Å². The maximum atomic E-state index is 12.9. The highest BCUT2D eigenvalue weighted by Crippen LogP contribution is 2.35. The highest BCUT2D eigenvalue weighted by molar-refractivity contribution is 6.13. The molecule has 1 aromatic heterocycles. The first-order chi connectivity index (χ1) is 15.3. The Hall–Kier alpha value is -4.24. The van der Waals surface area contributed by atoms with E-state index < -0.39 is 0 Å². The normalized spacial score (nSPS) is 11.4. The van der Waals surface area contributed by atoms with Gasteiger partial charge in [-0.3, -0.25) is 4.79 Å². The lowest BCUT2D eigenvalue weighted by molar-refractivity contribution is 0.103. The van der Waals surface area contributed by atoms with Crippen LogP contribution >= 0.6 is 0 Å². The predicted molar refractivity (Wildman–Crippen MR) is 126 cm³/mol. The van der Waals surface area contributed by atoms with Crippen molar-refractivity contribution < 1.29 is 4.79 Å². The number of aromatic amines is 1. The van der Waals surface area contributed by atoms with Crippen LogP contribution in [0.2, 0.25) is 0 Å². The van der Waals surface area contributed by atoms with E-state index in [9.17, 15) is 4.79 Å². The van der Waals surface area contributed by atoms with E-state index in [-0.39, 0.29) is 5.78 Å². The number of H-pyrrole nitrogens is 1. The molecule has 146 valence electrons. The zero-order valence-electron chi connectivity index (χ0n) is 16.7. The van der Waals surface area contributed by atoms with Crippen LogP contribution in [-0.4, -0.2) is 15.8 Å². The van der Waals surface area contributed by atoms with Gasteiger partial charge in [0.05, 0.1) is 11.0 Å². The molecule has 0 atom stereocenters. The summed E-state index contributed by atoms with van der Waals surface area (Å²) in [5, 5.41) is 4.66. The van der Waals surface area contributed by atoms with E-state index in [2.05, 4.69) is 59.6 Å². The Morgan fingerprint density at radius 3 is 2.00 bits per heavy atom. The number of benzene rings is 5. The molecule has 0 fully saturated rings. The number of nitrogens with one attached hydrogen (secondary N) is 1. The van der Waals surface area contributed by atoms with E-state index in [0.29, 0.717) is 11.1 Å². The zero-order chi connectivity index (χ0) is 20.8. The molecule has 1 heterocycles. The van der Waals surface area contributed by atoms with Crippen molar-refractivity contribution in [3.8, 4) is 11.4 Å². The summed E-state index contributed by atoms with van der Waals surface area (Å²) in [7, 11) is 0. The quantitative estimate of drug-likeness (QED) is 0.264.